The van der Waals surface area contributed by atoms with Gasteiger partial charge in [0.2, 0.25) is 0 Å². The molecule has 2 aliphatic heterocycles. The van der Waals surface area contributed by atoms with Gasteiger partial charge in [0.1, 0.15) is 5.37 Å². The summed E-state index contributed by atoms with van der Waals surface area (Å²) in [5.74, 6) is 1.69. The first kappa shape index (κ1) is 7.62. The fourth-order valence-corrected chi connectivity index (χ4v) is 2.44. The molecule has 0 bridgehead atoms. The Hall–Kier alpha value is -0.770. The van der Waals surface area contributed by atoms with Crippen LogP contribution in [-0.2, 0) is 0 Å². The number of hydrogen-bond donors (Lipinski definition) is 1. The molecule has 0 radical (unpaired) electrons. The zero-order valence-corrected chi connectivity index (χ0v) is 8.27. The molecule has 3 nitrogen and oxygen atoms in total. The third-order valence-electron chi connectivity index (χ3n) is 2.56. The Bertz CT molecular complexity index is 339. The largest absolute Gasteiger partial charge is 0.368 e. The molecule has 3 rings (SSSR count). The van der Waals surface area contributed by atoms with Gasteiger partial charge in [-0.25, -0.2) is 9.98 Å². The lowest BCUT2D eigenvalue weighted by Crippen LogP contribution is -2.34. The van der Waals surface area contributed by atoms with E-state index in [0.717, 1.165) is 17.5 Å². The normalized spacial score (nSPS) is 31.5. The molecule has 3 aliphatic rings. The van der Waals surface area contributed by atoms with Gasteiger partial charge in [-0.05, 0) is 19.8 Å². The number of fused-ring (bicyclic) bond motifs is 1. The molecule has 0 aromatic rings. The molecular weight excluding hydrogens is 182 g/mol. The van der Waals surface area contributed by atoms with Gasteiger partial charge in [0.25, 0.3) is 0 Å². The number of amidine groups is 1. The highest BCUT2D eigenvalue weighted by molar-refractivity contribution is 8.13. The SMILES string of the molecule is CC1=C(C2CC2)NC2SC=NC2=N1. The zero-order chi connectivity index (χ0) is 8.84. The highest BCUT2D eigenvalue weighted by Gasteiger charge is 2.34. The number of thioether (sulfide) groups is 1. The summed E-state index contributed by atoms with van der Waals surface area (Å²) in [4.78, 5) is 8.72. The van der Waals surface area contributed by atoms with E-state index in [9.17, 15) is 0 Å². The van der Waals surface area contributed by atoms with E-state index in [4.69, 9.17) is 0 Å². The van der Waals surface area contributed by atoms with Crippen LogP contribution in [0.25, 0.3) is 0 Å². The Balaban J connectivity index is 1.96. The van der Waals surface area contributed by atoms with Gasteiger partial charge in [-0.2, -0.15) is 0 Å². The van der Waals surface area contributed by atoms with Crippen LogP contribution >= 0.6 is 11.8 Å². The van der Waals surface area contributed by atoms with Crippen molar-refractivity contribution in [2.75, 3.05) is 0 Å². The van der Waals surface area contributed by atoms with Crippen molar-refractivity contribution in [2.45, 2.75) is 25.1 Å². The summed E-state index contributed by atoms with van der Waals surface area (Å²) < 4.78 is 0. The van der Waals surface area contributed by atoms with Gasteiger partial charge in [-0.3, -0.25) is 0 Å². The molecule has 0 aromatic carbocycles. The molecule has 1 N–H and O–H groups in total. The first-order valence-electron chi connectivity index (χ1n) is 4.58. The van der Waals surface area contributed by atoms with E-state index in [1.807, 2.05) is 5.55 Å². The predicted octanol–water partition coefficient (Wildman–Crippen LogP) is 1.73. The standard InChI is InChI=1S/C9H11N3S/c1-5-7(6-2-3-6)12-9-8(11-5)10-4-13-9/h4,6,9,12H,2-3H2,1H3. The van der Waals surface area contributed by atoms with Crippen molar-refractivity contribution in [3.8, 4) is 0 Å². The van der Waals surface area contributed by atoms with E-state index in [-0.39, 0.29) is 0 Å². The van der Waals surface area contributed by atoms with Gasteiger partial charge < -0.3 is 5.32 Å². The number of nitrogens with one attached hydrogen (secondary N) is 1. The van der Waals surface area contributed by atoms with E-state index < -0.39 is 0 Å². The van der Waals surface area contributed by atoms with Crippen molar-refractivity contribution in [1.29, 1.82) is 0 Å². The Morgan fingerprint density at radius 3 is 3.15 bits per heavy atom. The minimum Gasteiger partial charge on any atom is -0.368 e. The summed E-state index contributed by atoms with van der Waals surface area (Å²) in [5.41, 5.74) is 4.36. The third kappa shape index (κ3) is 1.20. The number of aliphatic imine (C=N–C) groups is 2. The minimum absolute atomic E-state index is 0.291. The molecule has 1 fully saturated rings. The van der Waals surface area contributed by atoms with Crippen molar-refractivity contribution in [1.82, 2.24) is 5.32 Å². The van der Waals surface area contributed by atoms with Gasteiger partial charge in [0.15, 0.2) is 5.84 Å². The minimum atomic E-state index is 0.291. The molecule has 2 heterocycles. The second kappa shape index (κ2) is 2.61. The number of allylic oxidation sites excluding steroid dienone is 2. The van der Waals surface area contributed by atoms with Crippen LogP contribution in [0.1, 0.15) is 19.8 Å². The maximum Gasteiger partial charge on any atom is 0.162 e. The Morgan fingerprint density at radius 2 is 2.38 bits per heavy atom. The van der Waals surface area contributed by atoms with E-state index in [0.29, 0.717) is 5.37 Å². The predicted molar refractivity (Wildman–Crippen MR) is 55.9 cm³/mol. The molecule has 1 saturated carbocycles. The monoisotopic (exact) mass is 193 g/mol. The summed E-state index contributed by atoms with van der Waals surface area (Å²) in [6.45, 7) is 2.07. The molecule has 13 heavy (non-hydrogen) atoms. The van der Waals surface area contributed by atoms with Crippen molar-refractivity contribution in [3.05, 3.63) is 11.4 Å². The molecule has 0 saturated heterocycles. The molecule has 4 heteroatoms. The topological polar surface area (TPSA) is 36.8 Å². The van der Waals surface area contributed by atoms with Crippen LogP contribution in [0.5, 0.6) is 0 Å². The number of nitrogens with zero attached hydrogens (tertiary/aromatic N) is 2. The Morgan fingerprint density at radius 1 is 1.54 bits per heavy atom. The fraction of sp³-hybridized carbons (Fsp3) is 0.556. The fourth-order valence-electron chi connectivity index (χ4n) is 1.72. The van der Waals surface area contributed by atoms with Crippen LogP contribution in [0.2, 0.25) is 0 Å². The number of rotatable bonds is 1. The van der Waals surface area contributed by atoms with Crippen molar-refractivity contribution >= 4 is 23.1 Å². The third-order valence-corrected chi connectivity index (χ3v) is 3.39. The first-order valence-corrected chi connectivity index (χ1v) is 5.53. The molecular formula is C9H11N3S. The average Bonchev–Trinajstić information content (AvgIpc) is 2.85. The van der Waals surface area contributed by atoms with Gasteiger partial charge in [0, 0.05) is 11.6 Å². The molecule has 0 spiro atoms. The summed E-state index contributed by atoms with van der Waals surface area (Å²) >= 11 is 1.71. The summed E-state index contributed by atoms with van der Waals surface area (Å²) in [6, 6.07) is 0. The summed E-state index contributed by atoms with van der Waals surface area (Å²) in [7, 11) is 0. The maximum atomic E-state index is 4.50. The van der Waals surface area contributed by atoms with E-state index in [2.05, 4.69) is 22.2 Å². The van der Waals surface area contributed by atoms with E-state index in [1.54, 1.807) is 11.8 Å². The maximum absolute atomic E-state index is 4.50. The lowest BCUT2D eigenvalue weighted by Gasteiger charge is -2.21. The van der Waals surface area contributed by atoms with Gasteiger partial charge in [-0.15, -0.1) is 0 Å². The van der Waals surface area contributed by atoms with Crippen LogP contribution in [-0.4, -0.2) is 16.8 Å². The van der Waals surface area contributed by atoms with E-state index >= 15 is 0 Å². The Labute approximate surface area is 81.4 Å². The highest BCUT2D eigenvalue weighted by atomic mass is 32.2. The van der Waals surface area contributed by atoms with Crippen molar-refractivity contribution in [2.24, 2.45) is 15.9 Å². The Kier molecular flexibility index (Phi) is 1.53. The van der Waals surface area contributed by atoms with Gasteiger partial charge >= 0.3 is 0 Å². The highest BCUT2D eigenvalue weighted by Crippen LogP contribution is 2.39. The van der Waals surface area contributed by atoms with Gasteiger partial charge in [0.05, 0.1) is 11.2 Å². The lowest BCUT2D eigenvalue weighted by molar-refractivity contribution is 0.749. The molecule has 68 valence electrons. The van der Waals surface area contributed by atoms with Crippen molar-refractivity contribution in [3.63, 3.8) is 0 Å². The molecule has 1 aliphatic carbocycles. The van der Waals surface area contributed by atoms with E-state index in [1.165, 1.54) is 18.5 Å². The lowest BCUT2D eigenvalue weighted by atomic mass is 10.2. The average molecular weight is 193 g/mol. The van der Waals surface area contributed by atoms with Crippen LogP contribution in [0.4, 0.5) is 0 Å². The summed E-state index contributed by atoms with van der Waals surface area (Å²) in [5, 5.41) is 3.80. The van der Waals surface area contributed by atoms with Crippen LogP contribution in [0.3, 0.4) is 0 Å². The quantitative estimate of drug-likeness (QED) is 0.688. The smallest absolute Gasteiger partial charge is 0.162 e. The molecule has 0 aromatic heterocycles. The zero-order valence-electron chi connectivity index (χ0n) is 7.45. The number of hydrogen-bond acceptors (Lipinski definition) is 4. The molecule has 0 amide bonds. The van der Waals surface area contributed by atoms with Crippen LogP contribution in [0, 0.1) is 5.92 Å². The second-order valence-corrected chi connectivity index (χ2v) is 4.59. The summed E-state index contributed by atoms with van der Waals surface area (Å²) in [6.07, 6.45) is 2.64. The van der Waals surface area contributed by atoms with Crippen LogP contribution < -0.4 is 5.32 Å². The van der Waals surface area contributed by atoms with Gasteiger partial charge in [-0.1, -0.05) is 11.8 Å². The second-order valence-electron chi connectivity index (χ2n) is 3.64. The molecule has 1 atom stereocenters. The van der Waals surface area contributed by atoms with Crippen LogP contribution in [0.15, 0.2) is 21.4 Å². The van der Waals surface area contributed by atoms with Crippen molar-refractivity contribution < 1.29 is 0 Å². The molecule has 1 unspecified atom stereocenters. The first-order chi connectivity index (χ1) is 6.34.